The Morgan fingerprint density at radius 1 is 1.55 bits per heavy atom. The second-order valence-electron chi connectivity index (χ2n) is 2.56. The van der Waals surface area contributed by atoms with Crippen LogP contribution in [0.15, 0.2) is 11.8 Å². The molecule has 0 unspecified atom stereocenters. The summed E-state index contributed by atoms with van der Waals surface area (Å²) in [6.45, 7) is 5.45. The molecule has 64 valence electrons. The third kappa shape index (κ3) is 5.45. The molecule has 0 heterocycles. The summed E-state index contributed by atoms with van der Waals surface area (Å²) in [5.41, 5.74) is 0.802. The van der Waals surface area contributed by atoms with Crippen LogP contribution in [0.5, 0.6) is 0 Å². The van der Waals surface area contributed by atoms with E-state index in [2.05, 4.69) is 5.32 Å². The van der Waals surface area contributed by atoms with Crippen molar-refractivity contribution in [2.24, 2.45) is 0 Å². The average molecular weight is 157 g/mol. The van der Waals surface area contributed by atoms with Gasteiger partial charge in [0.15, 0.2) is 0 Å². The molecule has 3 heteroatoms. The van der Waals surface area contributed by atoms with Gasteiger partial charge in [-0.25, -0.2) is 4.79 Å². The summed E-state index contributed by atoms with van der Waals surface area (Å²) in [7, 11) is 1.76. The Bertz CT molecular complexity index is 161. The molecule has 0 aromatic rings. The van der Waals surface area contributed by atoms with Crippen molar-refractivity contribution in [3.63, 3.8) is 0 Å². The van der Waals surface area contributed by atoms with Crippen LogP contribution < -0.4 is 5.32 Å². The van der Waals surface area contributed by atoms with Gasteiger partial charge in [0, 0.05) is 18.8 Å². The highest BCUT2D eigenvalue weighted by Crippen LogP contribution is 1.92. The van der Waals surface area contributed by atoms with Crippen LogP contribution in [0.2, 0.25) is 0 Å². The molecular weight excluding hydrogens is 142 g/mol. The molecule has 3 nitrogen and oxygen atoms in total. The van der Waals surface area contributed by atoms with Crippen molar-refractivity contribution in [2.75, 3.05) is 7.05 Å². The van der Waals surface area contributed by atoms with Crippen LogP contribution in [0.4, 0.5) is 0 Å². The van der Waals surface area contributed by atoms with E-state index in [9.17, 15) is 4.79 Å². The molecule has 0 aromatic heterocycles. The van der Waals surface area contributed by atoms with Gasteiger partial charge >= 0.3 is 5.97 Å². The first-order valence-electron chi connectivity index (χ1n) is 3.63. The molecular formula is C8H15NO2. The molecule has 0 saturated carbocycles. The van der Waals surface area contributed by atoms with Crippen molar-refractivity contribution in [3.8, 4) is 0 Å². The maximum atomic E-state index is 10.9. The van der Waals surface area contributed by atoms with Gasteiger partial charge in [0.2, 0.25) is 0 Å². The Hall–Kier alpha value is -0.990. The van der Waals surface area contributed by atoms with E-state index in [1.54, 1.807) is 7.05 Å². The van der Waals surface area contributed by atoms with Gasteiger partial charge in [-0.2, -0.15) is 0 Å². The zero-order chi connectivity index (χ0) is 8.85. The molecule has 0 aliphatic rings. The van der Waals surface area contributed by atoms with Gasteiger partial charge in [-0.1, -0.05) is 0 Å². The first kappa shape index (κ1) is 10.0. The van der Waals surface area contributed by atoms with E-state index in [0.717, 1.165) is 5.70 Å². The second-order valence-corrected chi connectivity index (χ2v) is 2.56. The van der Waals surface area contributed by atoms with Gasteiger partial charge < -0.3 is 10.1 Å². The summed E-state index contributed by atoms with van der Waals surface area (Å²) >= 11 is 0. The highest BCUT2D eigenvalue weighted by atomic mass is 16.5. The minimum atomic E-state index is -0.299. The van der Waals surface area contributed by atoms with Gasteiger partial charge in [-0.3, -0.25) is 0 Å². The SMILES string of the molecule is CN/C(C)=C\C(=O)OC(C)C. The van der Waals surface area contributed by atoms with Gasteiger partial charge in [-0.05, 0) is 20.8 Å². The molecule has 0 rings (SSSR count). The third-order valence-electron chi connectivity index (χ3n) is 1.08. The molecule has 1 N–H and O–H groups in total. The Balaban J connectivity index is 3.86. The van der Waals surface area contributed by atoms with Gasteiger partial charge in [0.1, 0.15) is 0 Å². The number of allylic oxidation sites excluding steroid dienone is 1. The molecule has 0 radical (unpaired) electrons. The molecule has 0 amide bonds. The first-order chi connectivity index (χ1) is 5.06. The van der Waals surface area contributed by atoms with Crippen LogP contribution in [0, 0.1) is 0 Å². The number of hydrogen-bond donors (Lipinski definition) is 1. The Morgan fingerprint density at radius 3 is 2.45 bits per heavy atom. The normalized spacial score (nSPS) is 11.5. The maximum Gasteiger partial charge on any atom is 0.332 e. The molecule has 0 atom stereocenters. The van der Waals surface area contributed by atoms with Gasteiger partial charge in [0.25, 0.3) is 0 Å². The number of carbonyl (C=O) groups excluding carboxylic acids is 1. The first-order valence-corrected chi connectivity index (χ1v) is 3.63. The zero-order valence-electron chi connectivity index (χ0n) is 7.47. The summed E-state index contributed by atoms with van der Waals surface area (Å²) in [4.78, 5) is 10.9. The number of nitrogens with one attached hydrogen (secondary N) is 1. The van der Waals surface area contributed by atoms with Crippen molar-refractivity contribution in [1.29, 1.82) is 0 Å². The number of esters is 1. The molecule has 11 heavy (non-hydrogen) atoms. The van der Waals surface area contributed by atoms with Crippen molar-refractivity contribution in [1.82, 2.24) is 5.32 Å². The van der Waals surface area contributed by atoms with Crippen LogP contribution in [0.25, 0.3) is 0 Å². The number of carbonyl (C=O) groups is 1. The smallest absolute Gasteiger partial charge is 0.332 e. The fourth-order valence-corrected chi connectivity index (χ4v) is 0.515. The van der Waals surface area contributed by atoms with Crippen molar-refractivity contribution in [3.05, 3.63) is 11.8 Å². The fourth-order valence-electron chi connectivity index (χ4n) is 0.515. The van der Waals surface area contributed by atoms with Crippen molar-refractivity contribution >= 4 is 5.97 Å². The maximum absolute atomic E-state index is 10.9. The lowest BCUT2D eigenvalue weighted by molar-refractivity contribution is -0.141. The van der Waals surface area contributed by atoms with Crippen LogP contribution in [-0.2, 0) is 9.53 Å². The molecule has 0 spiro atoms. The highest BCUT2D eigenvalue weighted by Gasteiger charge is 2.00. The van der Waals surface area contributed by atoms with E-state index in [-0.39, 0.29) is 12.1 Å². The van der Waals surface area contributed by atoms with Gasteiger partial charge in [-0.15, -0.1) is 0 Å². The summed E-state index contributed by atoms with van der Waals surface area (Å²) in [6, 6.07) is 0. The van der Waals surface area contributed by atoms with Crippen LogP contribution in [0.3, 0.4) is 0 Å². The number of hydrogen-bond acceptors (Lipinski definition) is 3. The fraction of sp³-hybridized carbons (Fsp3) is 0.625. The van der Waals surface area contributed by atoms with E-state index in [1.165, 1.54) is 6.08 Å². The average Bonchev–Trinajstić information content (AvgIpc) is 1.85. The summed E-state index contributed by atoms with van der Waals surface area (Å²) < 4.78 is 4.87. The topological polar surface area (TPSA) is 38.3 Å². The Kier molecular flexibility index (Phi) is 4.34. The second kappa shape index (κ2) is 4.77. The third-order valence-corrected chi connectivity index (χ3v) is 1.08. The lowest BCUT2D eigenvalue weighted by atomic mass is 10.4. The quantitative estimate of drug-likeness (QED) is 0.491. The van der Waals surface area contributed by atoms with E-state index >= 15 is 0 Å². The van der Waals surface area contributed by atoms with Crippen LogP contribution in [-0.4, -0.2) is 19.1 Å². The predicted molar refractivity (Wildman–Crippen MR) is 44.0 cm³/mol. The lowest BCUT2D eigenvalue weighted by Gasteiger charge is -2.05. The predicted octanol–water partition coefficient (Wildman–Crippen LogP) is 1.06. The van der Waals surface area contributed by atoms with Crippen molar-refractivity contribution in [2.45, 2.75) is 26.9 Å². The standard InChI is InChI=1S/C8H15NO2/c1-6(2)11-8(10)5-7(3)9-4/h5-6,9H,1-4H3/b7-5-. The minimum absolute atomic E-state index is 0.0524. The van der Waals surface area contributed by atoms with E-state index in [4.69, 9.17) is 4.74 Å². The molecule has 0 aliphatic carbocycles. The van der Waals surface area contributed by atoms with Crippen LogP contribution >= 0.6 is 0 Å². The monoisotopic (exact) mass is 157 g/mol. The molecule has 0 fully saturated rings. The number of rotatable bonds is 3. The Morgan fingerprint density at radius 2 is 2.09 bits per heavy atom. The largest absolute Gasteiger partial charge is 0.460 e. The summed E-state index contributed by atoms with van der Waals surface area (Å²) in [5, 5.41) is 2.83. The van der Waals surface area contributed by atoms with E-state index in [1.807, 2.05) is 20.8 Å². The summed E-state index contributed by atoms with van der Waals surface area (Å²) in [5.74, 6) is -0.299. The van der Waals surface area contributed by atoms with Crippen LogP contribution in [0.1, 0.15) is 20.8 Å². The minimum Gasteiger partial charge on any atom is -0.460 e. The van der Waals surface area contributed by atoms with E-state index in [0.29, 0.717) is 0 Å². The van der Waals surface area contributed by atoms with Crippen molar-refractivity contribution < 1.29 is 9.53 Å². The molecule has 0 aromatic carbocycles. The Labute approximate surface area is 67.4 Å². The van der Waals surface area contributed by atoms with E-state index < -0.39 is 0 Å². The van der Waals surface area contributed by atoms with Gasteiger partial charge in [0.05, 0.1) is 6.10 Å². The molecule has 0 bridgehead atoms. The molecule has 0 aliphatic heterocycles. The number of ether oxygens (including phenoxy) is 1. The highest BCUT2D eigenvalue weighted by molar-refractivity contribution is 5.82. The zero-order valence-corrected chi connectivity index (χ0v) is 7.47. The molecule has 0 saturated heterocycles. The lowest BCUT2D eigenvalue weighted by Crippen LogP contribution is -2.11. The summed E-state index contributed by atoms with van der Waals surface area (Å²) in [6.07, 6.45) is 1.38.